The lowest BCUT2D eigenvalue weighted by atomic mass is 9.88. The SMILES string of the molecule is CCNC(Cc1cccc(Cl)c1F)C(C)(C)N(C)C. The second-order valence-corrected chi connectivity index (χ2v) is 5.98. The smallest absolute Gasteiger partial charge is 0.145 e. The van der Waals surface area contributed by atoms with Gasteiger partial charge in [-0.05, 0) is 52.5 Å². The number of likely N-dealkylation sites (N-methyl/N-ethyl adjacent to an activating group) is 2. The van der Waals surface area contributed by atoms with Crippen molar-refractivity contribution in [3.63, 3.8) is 0 Å². The Balaban J connectivity index is 2.99. The van der Waals surface area contributed by atoms with Crippen molar-refractivity contribution in [2.45, 2.75) is 38.8 Å². The third-order valence-electron chi connectivity index (χ3n) is 3.91. The highest BCUT2D eigenvalue weighted by Crippen LogP contribution is 2.24. The van der Waals surface area contributed by atoms with Crippen molar-refractivity contribution >= 4 is 11.6 Å². The van der Waals surface area contributed by atoms with Crippen LogP contribution in [-0.2, 0) is 6.42 Å². The molecule has 4 heteroatoms. The summed E-state index contributed by atoms with van der Waals surface area (Å²) in [6, 6.07) is 5.34. The lowest BCUT2D eigenvalue weighted by Gasteiger charge is -2.41. The molecule has 1 unspecified atom stereocenters. The van der Waals surface area contributed by atoms with Gasteiger partial charge >= 0.3 is 0 Å². The van der Waals surface area contributed by atoms with Crippen LogP contribution in [0.3, 0.4) is 0 Å². The van der Waals surface area contributed by atoms with Gasteiger partial charge in [-0.3, -0.25) is 0 Å². The maximum Gasteiger partial charge on any atom is 0.145 e. The third kappa shape index (κ3) is 3.91. The Morgan fingerprint density at radius 2 is 2.00 bits per heavy atom. The highest BCUT2D eigenvalue weighted by atomic mass is 35.5. The lowest BCUT2D eigenvalue weighted by Crippen LogP contribution is -2.56. The molecule has 0 aliphatic rings. The molecule has 1 rings (SSSR count). The minimum atomic E-state index is -0.304. The van der Waals surface area contributed by atoms with E-state index >= 15 is 0 Å². The summed E-state index contributed by atoms with van der Waals surface area (Å²) in [6.45, 7) is 7.22. The summed E-state index contributed by atoms with van der Waals surface area (Å²) < 4.78 is 14.0. The van der Waals surface area contributed by atoms with Gasteiger partial charge in [0, 0.05) is 11.6 Å². The van der Waals surface area contributed by atoms with Gasteiger partial charge in [0.15, 0.2) is 0 Å². The van der Waals surface area contributed by atoms with Gasteiger partial charge in [0.2, 0.25) is 0 Å². The van der Waals surface area contributed by atoms with Crippen LogP contribution in [-0.4, -0.2) is 37.1 Å². The van der Waals surface area contributed by atoms with Gasteiger partial charge in [0.25, 0.3) is 0 Å². The molecule has 0 saturated carbocycles. The molecular weight excluding hydrogens is 263 g/mol. The van der Waals surface area contributed by atoms with Crippen molar-refractivity contribution in [2.24, 2.45) is 0 Å². The highest BCUT2D eigenvalue weighted by Gasteiger charge is 2.31. The van der Waals surface area contributed by atoms with E-state index in [0.29, 0.717) is 12.0 Å². The van der Waals surface area contributed by atoms with Crippen LogP contribution in [0.4, 0.5) is 4.39 Å². The number of hydrogen-bond donors (Lipinski definition) is 1. The van der Waals surface area contributed by atoms with Crippen LogP contribution in [0.15, 0.2) is 18.2 Å². The minimum absolute atomic E-state index is 0.0786. The topological polar surface area (TPSA) is 15.3 Å². The summed E-state index contributed by atoms with van der Waals surface area (Å²) in [5.74, 6) is -0.304. The van der Waals surface area contributed by atoms with Crippen molar-refractivity contribution in [2.75, 3.05) is 20.6 Å². The third-order valence-corrected chi connectivity index (χ3v) is 4.20. The van der Waals surface area contributed by atoms with Crippen LogP contribution in [0, 0.1) is 5.82 Å². The molecule has 0 spiro atoms. The first-order valence-electron chi connectivity index (χ1n) is 6.64. The first kappa shape index (κ1) is 16.4. The van der Waals surface area contributed by atoms with Crippen molar-refractivity contribution in [3.8, 4) is 0 Å². The molecule has 0 radical (unpaired) electrons. The Hall–Kier alpha value is -0.640. The molecule has 1 atom stereocenters. The molecule has 108 valence electrons. The second kappa shape index (κ2) is 6.69. The van der Waals surface area contributed by atoms with E-state index in [1.165, 1.54) is 0 Å². The molecule has 0 amide bonds. The zero-order chi connectivity index (χ0) is 14.6. The summed E-state index contributed by atoms with van der Waals surface area (Å²) in [5, 5.41) is 3.64. The summed E-state index contributed by atoms with van der Waals surface area (Å²) >= 11 is 5.85. The Bertz CT molecular complexity index is 419. The average Bonchev–Trinajstić information content (AvgIpc) is 2.33. The van der Waals surface area contributed by atoms with Gasteiger partial charge in [-0.1, -0.05) is 30.7 Å². The summed E-state index contributed by atoms with van der Waals surface area (Å²) in [7, 11) is 4.08. The number of rotatable bonds is 6. The predicted molar refractivity (Wildman–Crippen MR) is 80.3 cm³/mol. The maximum absolute atomic E-state index is 14.0. The van der Waals surface area contributed by atoms with Gasteiger partial charge in [-0.25, -0.2) is 4.39 Å². The van der Waals surface area contributed by atoms with Gasteiger partial charge in [0.05, 0.1) is 5.02 Å². The number of nitrogens with one attached hydrogen (secondary N) is 1. The zero-order valence-corrected chi connectivity index (χ0v) is 13.2. The Morgan fingerprint density at radius 1 is 1.37 bits per heavy atom. The van der Waals surface area contributed by atoms with Crippen LogP contribution < -0.4 is 5.32 Å². The van der Waals surface area contributed by atoms with E-state index in [1.54, 1.807) is 18.2 Å². The summed E-state index contributed by atoms with van der Waals surface area (Å²) in [5.41, 5.74) is 0.582. The van der Waals surface area contributed by atoms with E-state index in [9.17, 15) is 4.39 Å². The Kier molecular flexibility index (Phi) is 5.78. The van der Waals surface area contributed by atoms with E-state index in [1.807, 2.05) is 14.1 Å². The monoisotopic (exact) mass is 286 g/mol. The molecule has 2 nitrogen and oxygen atoms in total. The number of halogens is 2. The maximum atomic E-state index is 14.0. The van der Waals surface area contributed by atoms with Crippen LogP contribution in [0.25, 0.3) is 0 Å². The van der Waals surface area contributed by atoms with E-state index < -0.39 is 0 Å². The van der Waals surface area contributed by atoms with E-state index in [-0.39, 0.29) is 22.4 Å². The molecule has 1 N–H and O–H groups in total. The molecule has 0 heterocycles. The van der Waals surface area contributed by atoms with E-state index in [2.05, 4.69) is 31.0 Å². The van der Waals surface area contributed by atoms with Gasteiger partial charge in [0.1, 0.15) is 5.82 Å². The van der Waals surface area contributed by atoms with Crippen LogP contribution in [0.5, 0.6) is 0 Å². The van der Waals surface area contributed by atoms with Crippen LogP contribution >= 0.6 is 11.6 Å². The highest BCUT2D eigenvalue weighted by molar-refractivity contribution is 6.30. The fourth-order valence-corrected chi connectivity index (χ4v) is 2.25. The van der Waals surface area contributed by atoms with E-state index in [4.69, 9.17) is 11.6 Å². The largest absolute Gasteiger partial charge is 0.312 e. The molecule has 1 aromatic carbocycles. The van der Waals surface area contributed by atoms with Crippen molar-refractivity contribution in [1.29, 1.82) is 0 Å². The molecule has 0 fully saturated rings. The fourth-order valence-electron chi connectivity index (χ4n) is 2.06. The molecular formula is C15H24ClFN2. The lowest BCUT2D eigenvalue weighted by molar-refractivity contribution is 0.137. The molecule has 0 aliphatic heterocycles. The quantitative estimate of drug-likeness (QED) is 0.863. The molecule has 1 aromatic rings. The van der Waals surface area contributed by atoms with Crippen molar-refractivity contribution < 1.29 is 4.39 Å². The standard InChI is InChI=1S/C15H24ClFN2/c1-6-18-13(15(2,3)19(4)5)10-11-8-7-9-12(16)14(11)17/h7-9,13,18H,6,10H2,1-5H3. The van der Waals surface area contributed by atoms with Crippen molar-refractivity contribution in [1.82, 2.24) is 10.2 Å². The van der Waals surface area contributed by atoms with Gasteiger partial charge in [-0.15, -0.1) is 0 Å². The second-order valence-electron chi connectivity index (χ2n) is 5.58. The Morgan fingerprint density at radius 3 is 2.53 bits per heavy atom. The number of nitrogens with zero attached hydrogens (tertiary/aromatic N) is 1. The van der Waals surface area contributed by atoms with Crippen molar-refractivity contribution in [3.05, 3.63) is 34.6 Å². The average molecular weight is 287 g/mol. The Labute approximate surface area is 120 Å². The summed E-state index contributed by atoms with van der Waals surface area (Å²) in [4.78, 5) is 2.16. The molecule has 0 aliphatic carbocycles. The predicted octanol–water partition coefficient (Wildman–Crippen LogP) is 3.34. The van der Waals surface area contributed by atoms with Gasteiger partial charge < -0.3 is 10.2 Å². The molecule has 0 bridgehead atoms. The zero-order valence-electron chi connectivity index (χ0n) is 12.4. The first-order valence-corrected chi connectivity index (χ1v) is 7.02. The fraction of sp³-hybridized carbons (Fsp3) is 0.600. The summed E-state index contributed by atoms with van der Waals surface area (Å²) in [6.07, 6.45) is 0.616. The van der Waals surface area contributed by atoms with Crippen LogP contribution in [0.2, 0.25) is 5.02 Å². The molecule has 0 saturated heterocycles. The first-order chi connectivity index (χ1) is 8.80. The minimum Gasteiger partial charge on any atom is -0.312 e. The number of hydrogen-bond acceptors (Lipinski definition) is 2. The molecule has 0 aromatic heterocycles. The normalized spacial score (nSPS) is 13.9. The number of benzene rings is 1. The van der Waals surface area contributed by atoms with Crippen LogP contribution in [0.1, 0.15) is 26.3 Å². The van der Waals surface area contributed by atoms with Gasteiger partial charge in [-0.2, -0.15) is 0 Å². The van der Waals surface area contributed by atoms with E-state index in [0.717, 1.165) is 6.54 Å². The molecule has 19 heavy (non-hydrogen) atoms.